The van der Waals surface area contributed by atoms with Crippen LogP contribution in [-0.4, -0.2) is 28.5 Å². The molecule has 0 radical (unpaired) electrons. The van der Waals surface area contributed by atoms with E-state index >= 15 is 0 Å². The summed E-state index contributed by atoms with van der Waals surface area (Å²) >= 11 is 0. The third-order valence-corrected chi connectivity index (χ3v) is 4.19. The Labute approximate surface area is 151 Å². The van der Waals surface area contributed by atoms with Crippen LogP contribution in [-0.2, 0) is 17.6 Å². The Balaban J connectivity index is 1.77. The van der Waals surface area contributed by atoms with Crippen molar-refractivity contribution < 1.29 is 9.53 Å². The number of nitrogens with one attached hydrogen (secondary N) is 1. The van der Waals surface area contributed by atoms with E-state index in [0.717, 1.165) is 23.4 Å². The van der Waals surface area contributed by atoms with Gasteiger partial charge in [-0.05, 0) is 48.2 Å². The van der Waals surface area contributed by atoms with E-state index in [4.69, 9.17) is 4.74 Å². The lowest BCUT2D eigenvalue weighted by Crippen LogP contribution is -2.24. The number of rotatable bonds is 7. The highest BCUT2D eigenvalue weighted by atomic mass is 16.5. The van der Waals surface area contributed by atoms with Gasteiger partial charge in [0.1, 0.15) is 5.75 Å². The number of anilines is 1. The van der Waals surface area contributed by atoms with E-state index in [0.29, 0.717) is 12.2 Å². The van der Waals surface area contributed by atoms with E-state index in [1.54, 1.807) is 7.11 Å². The predicted molar refractivity (Wildman–Crippen MR) is 97.0 cm³/mol. The number of nitrogens with zero attached hydrogens (tertiary/aromatic N) is 4. The van der Waals surface area contributed by atoms with Gasteiger partial charge >= 0.3 is 0 Å². The second-order valence-corrected chi connectivity index (χ2v) is 5.88. The molecule has 0 saturated carbocycles. The van der Waals surface area contributed by atoms with Gasteiger partial charge in [-0.3, -0.25) is 15.1 Å². The molecule has 3 aromatic rings. The number of aromatic nitrogens is 4. The Morgan fingerprint density at radius 1 is 1.12 bits per heavy atom. The van der Waals surface area contributed by atoms with Crippen LogP contribution in [0.4, 0.5) is 5.69 Å². The summed E-state index contributed by atoms with van der Waals surface area (Å²) in [6.07, 6.45) is 1.39. The molecule has 1 heterocycles. The zero-order chi connectivity index (χ0) is 18.4. The standard InChI is InChI=1S/C19H21N5O2/c1-3-13-4-8-15(9-5-13)20-19(25)17(18-21-23-24-22-18)12-14-6-10-16(26-2)11-7-14/h4-11,17H,3,12H2,1-2H3,(H2,20,21,22,23,24,25)/p-1/t17-/m0/s1. The smallest absolute Gasteiger partial charge is 0.232 e. The number of aryl methyl sites for hydroxylation is 1. The van der Waals surface area contributed by atoms with Crippen LogP contribution in [0.15, 0.2) is 48.5 Å². The molecule has 0 unspecified atom stereocenters. The Bertz CT molecular complexity index is 829. The molecular weight excluding hydrogens is 330 g/mol. The Hall–Kier alpha value is -3.22. The molecule has 7 nitrogen and oxygen atoms in total. The average molecular weight is 350 g/mol. The van der Waals surface area contributed by atoms with Gasteiger partial charge < -0.3 is 15.2 Å². The molecule has 0 fully saturated rings. The van der Waals surface area contributed by atoms with Gasteiger partial charge in [0.05, 0.1) is 13.0 Å². The monoisotopic (exact) mass is 350 g/mol. The van der Waals surface area contributed by atoms with Crippen molar-refractivity contribution in [3.63, 3.8) is 0 Å². The summed E-state index contributed by atoms with van der Waals surface area (Å²) < 4.78 is 5.17. The number of amides is 1. The van der Waals surface area contributed by atoms with Crippen LogP contribution >= 0.6 is 0 Å². The maximum Gasteiger partial charge on any atom is 0.232 e. The summed E-state index contributed by atoms with van der Waals surface area (Å²) in [4.78, 5) is 12.8. The van der Waals surface area contributed by atoms with Crippen LogP contribution < -0.4 is 15.2 Å². The Kier molecular flexibility index (Phi) is 5.58. The van der Waals surface area contributed by atoms with Crippen LogP contribution in [0.3, 0.4) is 0 Å². The molecule has 1 N–H and O–H groups in total. The van der Waals surface area contributed by atoms with Gasteiger partial charge in [0.15, 0.2) is 0 Å². The molecule has 1 aromatic heterocycles. The fourth-order valence-corrected chi connectivity index (χ4v) is 2.64. The van der Waals surface area contributed by atoms with Crippen molar-refractivity contribution in [2.75, 3.05) is 12.4 Å². The van der Waals surface area contributed by atoms with Gasteiger partial charge in [-0.1, -0.05) is 31.2 Å². The molecule has 0 aliphatic carbocycles. The van der Waals surface area contributed by atoms with Crippen molar-refractivity contribution in [3.05, 3.63) is 65.5 Å². The van der Waals surface area contributed by atoms with E-state index < -0.39 is 5.92 Å². The van der Waals surface area contributed by atoms with E-state index in [2.05, 4.69) is 32.9 Å². The first-order valence-electron chi connectivity index (χ1n) is 8.41. The fraction of sp³-hybridized carbons (Fsp3) is 0.263. The zero-order valence-corrected chi connectivity index (χ0v) is 14.7. The van der Waals surface area contributed by atoms with E-state index in [-0.39, 0.29) is 5.91 Å². The van der Waals surface area contributed by atoms with Crippen LogP contribution in [0, 0.1) is 0 Å². The normalized spacial score (nSPS) is 11.8. The number of tetrazole rings is 1. The van der Waals surface area contributed by atoms with Crippen molar-refractivity contribution >= 4 is 11.6 Å². The second kappa shape index (κ2) is 8.24. The summed E-state index contributed by atoms with van der Waals surface area (Å²) in [6.45, 7) is 2.09. The molecular formula is C19H20N5O2-. The summed E-state index contributed by atoms with van der Waals surface area (Å²) in [7, 11) is 1.62. The number of methoxy groups -OCH3 is 1. The lowest BCUT2D eigenvalue weighted by atomic mass is 9.97. The molecule has 0 bridgehead atoms. The van der Waals surface area contributed by atoms with Crippen molar-refractivity contribution in [2.45, 2.75) is 25.7 Å². The van der Waals surface area contributed by atoms with Crippen molar-refractivity contribution in [1.82, 2.24) is 20.6 Å². The fourth-order valence-electron chi connectivity index (χ4n) is 2.64. The summed E-state index contributed by atoms with van der Waals surface area (Å²) in [6, 6.07) is 15.3. The number of hydrogen-bond donors (Lipinski definition) is 1. The Morgan fingerprint density at radius 3 is 2.38 bits per heavy atom. The molecule has 0 aliphatic heterocycles. The highest BCUT2D eigenvalue weighted by Gasteiger charge is 2.21. The average Bonchev–Trinajstić information content (AvgIpc) is 3.21. The SMILES string of the molecule is CCc1ccc(NC(=O)[C@@H](Cc2ccc(OC)cc2)c2nnn[n-]2)cc1. The minimum Gasteiger partial charge on any atom is -0.497 e. The third-order valence-electron chi connectivity index (χ3n) is 4.19. The largest absolute Gasteiger partial charge is 0.497 e. The van der Waals surface area contributed by atoms with Gasteiger partial charge in [0.25, 0.3) is 0 Å². The quantitative estimate of drug-likeness (QED) is 0.703. The molecule has 26 heavy (non-hydrogen) atoms. The molecule has 7 heteroatoms. The summed E-state index contributed by atoms with van der Waals surface area (Å²) in [5.74, 6) is 0.297. The number of carbonyl (C=O) groups excluding carboxylic acids is 1. The van der Waals surface area contributed by atoms with Crippen molar-refractivity contribution in [1.29, 1.82) is 0 Å². The molecule has 0 aliphatic rings. The van der Waals surface area contributed by atoms with Gasteiger partial charge in [-0.2, -0.15) is 5.21 Å². The second-order valence-electron chi connectivity index (χ2n) is 5.88. The van der Waals surface area contributed by atoms with Gasteiger partial charge in [-0.15, -0.1) is 0 Å². The van der Waals surface area contributed by atoms with Crippen LogP contribution in [0.2, 0.25) is 0 Å². The topological polar surface area (TPSA) is 91.1 Å². The molecule has 1 amide bonds. The van der Waals surface area contributed by atoms with Crippen molar-refractivity contribution in [3.8, 4) is 5.75 Å². The Morgan fingerprint density at radius 2 is 1.81 bits per heavy atom. The van der Waals surface area contributed by atoms with Gasteiger partial charge in [-0.25, -0.2) is 0 Å². The molecule has 0 spiro atoms. The molecule has 1 atom stereocenters. The lowest BCUT2D eigenvalue weighted by Gasteiger charge is -2.17. The number of ether oxygens (including phenoxy) is 1. The first-order valence-corrected chi connectivity index (χ1v) is 8.41. The van der Waals surface area contributed by atoms with Gasteiger partial charge in [0, 0.05) is 11.5 Å². The highest BCUT2D eigenvalue weighted by molar-refractivity contribution is 5.95. The molecule has 0 saturated heterocycles. The number of hydrogen-bond acceptors (Lipinski definition) is 5. The lowest BCUT2D eigenvalue weighted by molar-refractivity contribution is -0.117. The third kappa shape index (κ3) is 4.24. The number of carbonyl (C=O) groups is 1. The number of benzene rings is 2. The van der Waals surface area contributed by atoms with Gasteiger partial charge in [0.2, 0.25) is 5.91 Å². The van der Waals surface area contributed by atoms with Crippen LogP contribution in [0.5, 0.6) is 5.75 Å². The molecule has 134 valence electrons. The zero-order valence-electron chi connectivity index (χ0n) is 14.7. The van der Waals surface area contributed by atoms with Crippen LogP contribution in [0.1, 0.15) is 29.8 Å². The highest BCUT2D eigenvalue weighted by Crippen LogP contribution is 2.21. The van der Waals surface area contributed by atoms with E-state index in [9.17, 15) is 4.79 Å². The van der Waals surface area contributed by atoms with Crippen LogP contribution in [0.25, 0.3) is 0 Å². The van der Waals surface area contributed by atoms with E-state index in [1.165, 1.54) is 5.56 Å². The first-order chi connectivity index (χ1) is 12.7. The first kappa shape index (κ1) is 17.6. The minimum absolute atomic E-state index is 0.195. The molecule has 3 rings (SSSR count). The minimum atomic E-state index is -0.579. The van der Waals surface area contributed by atoms with Crippen molar-refractivity contribution in [2.24, 2.45) is 0 Å². The molecule has 2 aromatic carbocycles. The maximum atomic E-state index is 12.8. The van der Waals surface area contributed by atoms with E-state index in [1.807, 2.05) is 48.5 Å². The maximum absolute atomic E-state index is 12.8. The summed E-state index contributed by atoms with van der Waals surface area (Å²) in [5, 5.41) is 17.7. The summed E-state index contributed by atoms with van der Waals surface area (Å²) in [5.41, 5.74) is 2.92. The predicted octanol–water partition coefficient (Wildman–Crippen LogP) is 2.36.